The molecule has 4 amide bonds. The van der Waals surface area contributed by atoms with Gasteiger partial charge in [-0.05, 0) is 66.4 Å². The lowest BCUT2D eigenvalue weighted by Crippen LogP contribution is -2.39. The lowest BCUT2D eigenvalue weighted by molar-refractivity contribution is -0.274. The summed E-state index contributed by atoms with van der Waals surface area (Å²) in [6.07, 6.45) is -3.11. The molecule has 1 saturated carbocycles. The summed E-state index contributed by atoms with van der Waals surface area (Å²) in [5.74, 6) is -1.62. The molecule has 0 radical (unpaired) electrons. The number of halogens is 4. The van der Waals surface area contributed by atoms with Crippen molar-refractivity contribution in [2.45, 2.75) is 31.8 Å². The van der Waals surface area contributed by atoms with Crippen LogP contribution in [0.1, 0.15) is 29.4 Å². The topological polar surface area (TPSA) is 91.8 Å². The van der Waals surface area contributed by atoms with Crippen LogP contribution in [-0.2, 0) is 11.3 Å². The third-order valence-corrected chi connectivity index (χ3v) is 6.81. The number of ether oxygens (including phenoxy) is 1. The van der Waals surface area contributed by atoms with Gasteiger partial charge < -0.3 is 10.1 Å². The van der Waals surface area contributed by atoms with E-state index in [1.54, 1.807) is 24.3 Å². The summed E-state index contributed by atoms with van der Waals surface area (Å²) in [6.45, 7) is 2.05. The second-order valence-electron chi connectivity index (χ2n) is 9.04. The Bertz CT molecular complexity index is 1420. The minimum Gasteiger partial charge on any atom is -0.406 e. The van der Waals surface area contributed by atoms with Crippen LogP contribution in [-0.4, -0.2) is 34.7 Å². The van der Waals surface area contributed by atoms with E-state index >= 15 is 0 Å². The molecule has 2 heterocycles. The average molecular weight is 545 g/mol. The van der Waals surface area contributed by atoms with Gasteiger partial charge in [-0.1, -0.05) is 30.7 Å². The van der Waals surface area contributed by atoms with E-state index in [9.17, 15) is 27.6 Å². The Hall–Kier alpha value is -4.12. The lowest BCUT2D eigenvalue weighted by Gasteiger charge is -2.22. The van der Waals surface area contributed by atoms with Crippen molar-refractivity contribution < 1.29 is 32.3 Å². The van der Waals surface area contributed by atoms with Crippen molar-refractivity contribution >= 4 is 40.8 Å². The number of hydrogen-bond donors (Lipinski definition) is 1. The number of rotatable bonds is 6. The zero-order valence-corrected chi connectivity index (χ0v) is 20.6. The fraction of sp³-hybridized carbons (Fsp3) is 0.231. The zero-order valence-electron chi connectivity index (χ0n) is 19.8. The normalized spacial score (nSPS) is 20.7. The molecule has 3 aromatic rings. The monoisotopic (exact) mass is 544 g/mol. The number of amides is 4. The van der Waals surface area contributed by atoms with Crippen molar-refractivity contribution in [3.8, 4) is 5.75 Å². The summed E-state index contributed by atoms with van der Waals surface area (Å²) >= 11 is 5.89. The maximum atomic E-state index is 13.5. The van der Waals surface area contributed by atoms with Gasteiger partial charge in [0.15, 0.2) is 0 Å². The number of nitrogens with one attached hydrogen (secondary N) is 1. The minimum atomic E-state index is -4.87. The van der Waals surface area contributed by atoms with Gasteiger partial charge in [0.05, 0.1) is 11.4 Å². The quantitative estimate of drug-likeness (QED) is 0.424. The number of aromatic nitrogens is 1. The van der Waals surface area contributed by atoms with Crippen LogP contribution in [0.4, 0.5) is 29.3 Å². The summed E-state index contributed by atoms with van der Waals surface area (Å²) in [6, 6.07) is 13.7. The number of carbonyl (C=O) groups is 3. The molecule has 1 N–H and O–H groups in total. The fourth-order valence-corrected chi connectivity index (χ4v) is 4.71. The molecule has 1 aliphatic heterocycles. The molecule has 2 fully saturated rings. The second kappa shape index (κ2) is 9.32. The van der Waals surface area contributed by atoms with E-state index in [0.29, 0.717) is 17.1 Å². The first-order valence-electron chi connectivity index (χ1n) is 11.5. The Balaban J connectivity index is 1.39. The van der Waals surface area contributed by atoms with E-state index in [2.05, 4.69) is 15.0 Å². The molecule has 1 aromatic heterocycles. The number of carbonyl (C=O) groups excluding carboxylic acids is 3. The van der Waals surface area contributed by atoms with E-state index in [4.69, 9.17) is 11.6 Å². The number of nitrogens with zero attached hydrogens (tertiary/aromatic N) is 3. The number of benzene rings is 2. The molecule has 1 saturated heterocycles. The molecule has 5 rings (SSSR count). The van der Waals surface area contributed by atoms with Gasteiger partial charge in [0, 0.05) is 17.8 Å². The maximum absolute atomic E-state index is 13.5. The Kier molecular flexibility index (Phi) is 6.26. The highest BCUT2D eigenvalue weighted by molar-refractivity contribution is 6.32. The molecule has 196 valence electrons. The number of hydrogen-bond acceptors (Lipinski definition) is 5. The molecule has 2 aromatic carbocycles. The number of pyridine rings is 1. The second-order valence-corrected chi connectivity index (χ2v) is 9.47. The highest BCUT2D eigenvalue weighted by atomic mass is 35.5. The largest absolute Gasteiger partial charge is 0.573 e. The Morgan fingerprint density at radius 1 is 1.11 bits per heavy atom. The van der Waals surface area contributed by atoms with Gasteiger partial charge in [-0.15, -0.1) is 13.2 Å². The van der Waals surface area contributed by atoms with Crippen LogP contribution in [0, 0.1) is 5.92 Å². The molecule has 0 bridgehead atoms. The fourth-order valence-electron chi connectivity index (χ4n) is 4.59. The average Bonchev–Trinajstić information content (AvgIpc) is 3.48. The van der Waals surface area contributed by atoms with E-state index in [1.165, 1.54) is 35.4 Å². The molecule has 1 aliphatic carbocycles. The van der Waals surface area contributed by atoms with Crippen LogP contribution in [0.15, 0.2) is 66.9 Å². The van der Waals surface area contributed by atoms with Crippen LogP contribution >= 0.6 is 11.6 Å². The first kappa shape index (κ1) is 25.5. The number of anilines is 2. The number of alkyl halides is 3. The van der Waals surface area contributed by atoms with Crippen LogP contribution < -0.4 is 19.9 Å². The van der Waals surface area contributed by atoms with Gasteiger partial charge in [0.1, 0.15) is 17.0 Å². The molecule has 2 aliphatic rings. The highest BCUT2D eigenvalue weighted by Crippen LogP contribution is 2.55. The van der Waals surface area contributed by atoms with Gasteiger partial charge in [0.2, 0.25) is 0 Å². The van der Waals surface area contributed by atoms with Crippen LogP contribution in [0.5, 0.6) is 5.75 Å². The van der Waals surface area contributed by atoms with E-state index in [0.717, 1.165) is 22.6 Å². The van der Waals surface area contributed by atoms with E-state index in [-0.39, 0.29) is 23.8 Å². The van der Waals surface area contributed by atoms with E-state index < -0.39 is 35.5 Å². The summed E-state index contributed by atoms with van der Waals surface area (Å²) in [5, 5.41) is 3.33. The first-order chi connectivity index (χ1) is 18.0. The van der Waals surface area contributed by atoms with Crippen molar-refractivity contribution in [3.63, 3.8) is 0 Å². The number of imide groups is 1. The third-order valence-electron chi connectivity index (χ3n) is 6.56. The van der Waals surface area contributed by atoms with Crippen molar-refractivity contribution in [1.82, 2.24) is 10.3 Å². The molecular formula is C26H20ClF3N4O4. The molecule has 8 nitrogen and oxygen atoms in total. The third kappa shape index (κ3) is 4.65. The predicted octanol–water partition coefficient (Wildman–Crippen LogP) is 5.32. The minimum absolute atomic E-state index is 0.0484. The van der Waals surface area contributed by atoms with Crippen LogP contribution in [0.3, 0.4) is 0 Å². The van der Waals surface area contributed by atoms with Gasteiger partial charge >= 0.3 is 12.4 Å². The summed E-state index contributed by atoms with van der Waals surface area (Å²) in [7, 11) is 0. The van der Waals surface area contributed by atoms with Gasteiger partial charge in [-0.3, -0.25) is 19.5 Å². The lowest BCUT2D eigenvalue weighted by atomic mass is 10.1. The zero-order chi connectivity index (χ0) is 27.2. The Morgan fingerprint density at radius 2 is 1.76 bits per heavy atom. The molecule has 38 heavy (non-hydrogen) atoms. The van der Waals surface area contributed by atoms with Crippen LogP contribution in [0.25, 0.3) is 0 Å². The molecule has 12 heteroatoms. The molecular weight excluding hydrogens is 525 g/mol. The maximum Gasteiger partial charge on any atom is 0.573 e. The molecule has 1 spiro atoms. The molecule has 2 atom stereocenters. The van der Waals surface area contributed by atoms with Crippen molar-refractivity contribution in [2.24, 2.45) is 5.92 Å². The summed E-state index contributed by atoms with van der Waals surface area (Å²) in [4.78, 5) is 46.2. The standard InChI is InChI=1S/C26H20ClF3N4O4/c1-15-13-25(15)23(36)33(18-6-8-20(9-7-18)38-26(28,29)30)24(37)34(25)19-10-11-31-21(12-19)22(35)32-14-16-2-4-17(27)5-3-16/h2-12,15H,13-14H2,1H3,(H,32,35). The summed E-state index contributed by atoms with van der Waals surface area (Å²) in [5.41, 5.74) is 0.125. The van der Waals surface area contributed by atoms with Crippen molar-refractivity contribution in [2.75, 3.05) is 9.80 Å². The predicted molar refractivity (Wildman–Crippen MR) is 132 cm³/mol. The van der Waals surface area contributed by atoms with Gasteiger partial charge in [-0.2, -0.15) is 0 Å². The number of urea groups is 1. The van der Waals surface area contributed by atoms with E-state index in [1.807, 2.05) is 6.92 Å². The first-order valence-corrected chi connectivity index (χ1v) is 11.9. The summed E-state index contributed by atoms with van der Waals surface area (Å²) < 4.78 is 41.4. The van der Waals surface area contributed by atoms with Gasteiger partial charge in [-0.25, -0.2) is 9.69 Å². The van der Waals surface area contributed by atoms with Crippen LogP contribution in [0.2, 0.25) is 5.02 Å². The highest BCUT2D eigenvalue weighted by Gasteiger charge is 2.70. The van der Waals surface area contributed by atoms with Gasteiger partial charge in [0.25, 0.3) is 11.8 Å². The smallest absolute Gasteiger partial charge is 0.406 e. The van der Waals surface area contributed by atoms with Crippen molar-refractivity contribution in [1.29, 1.82) is 0 Å². The Labute approximate surface area is 220 Å². The van der Waals surface area contributed by atoms with Crippen molar-refractivity contribution in [3.05, 3.63) is 83.1 Å². The SMILES string of the molecule is CC1CC12C(=O)N(c1ccc(OC(F)(F)F)cc1)C(=O)N2c1ccnc(C(=O)NCc2ccc(Cl)cc2)c1. The molecule has 2 unspecified atom stereocenters. The Morgan fingerprint density at radius 3 is 2.37 bits per heavy atom.